The topological polar surface area (TPSA) is 114 Å². The SMILES string of the molecule is CCOC(=O)c1c(NCc2cccc(OCOC)c2)c2c(C)ncnc2n(OCc2ccccc2)c1=O. The number of hydrogen-bond donors (Lipinski definition) is 1. The molecule has 0 aliphatic heterocycles. The number of nitrogens with one attached hydrogen (secondary N) is 1. The molecule has 0 saturated heterocycles. The number of methoxy groups -OCH3 is 1. The second-order valence-corrected chi connectivity index (χ2v) is 8.04. The van der Waals surface area contributed by atoms with Gasteiger partial charge in [0.15, 0.2) is 18.0 Å². The van der Waals surface area contributed by atoms with Crippen LogP contribution in [0.25, 0.3) is 11.0 Å². The summed E-state index contributed by atoms with van der Waals surface area (Å²) in [6, 6.07) is 16.8. The third kappa shape index (κ3) is 5.87. The van der Waals surface area contributed by atoms with Crippen LogP contribution >= 0.6 is 0 Å². The van der Waals surface area contributed by atoms with E-state index in [9.17, 15) is 9.59 Å². The zero-order valence-corrected chi connectivity index (χ0v) is 20.9. The van der Waals surface area contributed by atoms with Gasteiger partial charge in [-0.1, -0.05) is 42.5 Å². The molecule has 1 N–H and O–H groups in total. The molecule has 0 fully saturated rings. The molecule has 0 unspecified atom stereocenters. The molecule has 37 heavy (non-hydrogen) atoms. The van der Waals surface area contributed by atoms with E-state index < -0.39 is 11.5 Å². The average Bonchev–Trinajstić information content (AvgIpc) is 2.91. The van der Waals surface area contributed by atoms with Crippen LogP contribution in [0.2, 0.25) is 0 Å². The molecule has 0 saturated carbocycles. The summed E-state index contributed by atoms with van der Waals surface area (Å²) in [5.74, 6) is -0.143. The molecule has 192 valence electrons. The van der Waals surface area contributed by atoms with E-state index >= 15 is 0 Å². The lowest BCUT2D eigenvalue weighted by atomic mass is 10.1. The highest BCUT2D eigenvalue weighted by Gasteiger charge is 2.26. The highest BCUT2D eigenvalue weighted by Crippen LogP contribution is 2.28. The number of ether oxygens (including phenoxy) is 3. The molecule has 0 radical (unpaired) electrons. The largest absolute Gasteiger partial charge is 0.468 e. The zero-order valence-electron chi connectivity index (χ0n) is 20.9. The van der Waals surface area contributed by atoms with Crippen LogP contribution < -0.4 is 20.5 Å². The minimum atomic E-state index is -0.769. The average molecular weight is 505 g/mol. The van der Waals surface area contributed by atoms with Gasteiger partial charge in [-0.05, 0) is 37.1 Å². The Balaban J connectivity index is 1.79. The molecule has 4 rings (SSSR count). The summed E-state index contributed by atoms with van der Waals surface area (Å²) in [7, 11) is 1.55. The molecule has 2 aromatic carbocycles. The van der Waals surface area contributed by atoms with Gasteiger partial charge in [0.1, 0.15) is 18.7 Å². The van der Waals surface area contributed by atoms with Gasteiger partial charge in [-0.15, -0.1) is 4.73 Å². The fourth-order valence-corrected chi connectivity index (χ4v) is 3.80. The van der Waals surface area contributed by atoms with Crippen LogP contribution in [0.1, 0.15) is 34.1 Å². The summed E-state index contributed by atoms with van der Waals surface area (Å²) < 4.78 is 16.8. The van der Waals surface area contributed by atoms with Crippen LogP contribution in [0.15, 0.2) is 65.7 Å². The van der Waals surface area contributed by atoms with Crippen LogP contribution in [0.4, 0.5) is 5.69 Å². The van der Waals surface area contributed by atoms with Gasteiger partial charge < -0.3 is 24.4 Å². The van der Waals surface area contributed by atoms with Crippen molar-refractivity contribution in [2.75, 3.05) is 25.8 Å². The standard InChI is InChI=1S/C27H28N4O6/c1-4-35-27(33)23-24(28-14-20-11-8-12-21(13-20)36-17-34-3)22-18(2)29-16-30-25(22)31(26(23)32)37-15-19-9-6-5-7-10-19/h5-13,16,28H,4,14-15,17H2,1-3H3. The Morgan fingerprint density at radius 3 is 2.59 bits per heavy atom. The highest BCUT2D eigenvalue weighted by molar-refractivity contribution is 6.04. The van der Waals surface area contributed by atoms with Crippen LogP contribution in [-0.4, -0.2) is 41.2 Å². The van der Waals surface area contributed by atoms with Gasteiger partial charge in [-0.2, -0.15) is 0 Å². The second-order valence-electron chi connectivity index (χ2n) is 8.04. The predicted molar refractivity (Wildman–Crippen MR) is 137 cm³/mol. The van der Waals surface area contributed by atoms with Gasteiger partial charge in [-0.25, -0.2) is 14.8 Å². The fourth-order valence-electron chi connectivity index (χ4n) is 3.80. The molecule has 0 aliphatic carbocycles. The molecule has 10 heteroatoms. The zero-order chi connectivity index (χ0) is 26.2. The number of fused-ring (bicyclic) bond motifs is 1. The van der Waals surface area contributed by atoms with Crippen LogP contribution in [0.5, 0.6) is 5.75 Å². The van der Waals surface area contributed by atoms with Crippen molar-refractivity contribution in [3.05, 3.63) is 93.7 Å². The number of benzene rings is 2. The molecule has 2 heterocycles. The minimum absolute atomic E-state index is 0.0994. The summed E-state index contributed by atoms with van der Waals surface area (Å²) in [4.78, 5) is 41.2. The monoisotopic (exact) mass is 504 g/mol. The summed E-state index contributed by atoms with van der Waals surface area (Å²) in [5, 5.41) is 3.72. The number of nitrogens with zero attached hydrogens (tertiary/aromatic N) is 3. The van der Waals surface area contributed by atoms with Gasteiger partial charge in [0, 0.05) is 13.7 Å². The van der Waals surface area contributed by atoms with Crippen LogP contribution in [0.3, 0.4) is 0 Å². The lowest BCUT2D eigenvalue weighted by molar-refractivity contribution is 0.0507. The highest BCUT2D eigenvalue weighted by atomic mass is 16.7. The molecule has 2 aromatic heterocycles. The maximum atomic E-state index is 13.6. The first kappa shape index (κ1) is 25.6. The molecule has 4 aromatic rings. The quantitative estimate of drug-likeness (QED) is 0.242. The fraction of sp³-hybridized carbons (Fsp3) is 0.259. The lowest BCUT2D eigenvalue weighted by Gasteiger charge is -2.19. The van der Waals surface area contributed by atoms with E-state index in [0.717, 1.165) is 15.9 Å². The summed E-state index contributed by atoms with van der Waals surface area (Å²) in [6.45, 7) is 4.05. The molecule has 0 amide bonds. The number of rotatable bonds is 11. The smallest absolute Gasteiger partial charge is 0.346 e. The Kier molecular flexibility index (Phi) is 8.32. The summed E-state index contributed by atoms with van der Waals surface area (Å²) in [5.41, 5.74) is 1.92. The Bertz CT molecular complexity index is 1440. The number of esters is 1. The van der Waals surface area contributed by atoms with Crippen molar-refractivity contribution in [2.24, 2.45) is 0 Å². The van der Waals surface area contributed by atoms with Crippen LogP contribution in [0, 0.1) is 6.92 Å². The summed E-state index contributed by atoms with van der Waals surface area (Å²) >= 11 is 0. The molecule has 0 bridgehead atoms. The maximum absolute atomic E-state index is 13.6. The van der Waals surface area contributed by atoms with Crippen molar-refractivity contribution < 1.29 is 23.8 Å². The lowest BCUT2D eigenvalue weighted by Crippen LogP contribution is -2.34. The van der Waals surface area contributed by atoms with Crippen molar-refractivity contribution in [1.82, 2.24) is 14.7 Å². The predicted octanol–water partition coefficient (Wildman–Crippen LogP) is 3.50. The van der Waals surface area contributed by atoms with Gasteiger partial charge >= 0.3 is 11.5 Å². The van der Waals surface area contributed by atoms with E-state index in [0.29, 0.717) is 16.8 Å². The minimum Gasteiger partial charge on any atom is -0.468 e. The maximum Gasteiger partial charge on any atom is 0.346 e. The Morgan fingerprint density at radius 2 is 1.84 bits per heavy atom. The molecular formula is C27H28N4O6. The van der Waals surface area contributed by atoms with Crippen molar-refractivity contribution >= 4 is 22.7 Å². The number of hydrogen-bond acceptors (Lipinski definition) is 9. The number of anilines is 1. The van der Waals surface area contributed by atoms with Crippen molar-refractivity contribution in [3.8, 4) is 5.75 Å². The number of pyridine rings is 1. The molecule has 10 nitrogen and oxygen atoms in total. The van der Waals surface area contributed by atoms with Gasteiger partial charge in [0.05, 0.1) is 23.4 Å². The van der Waals surface area contributed by atoms with E-state index in [-0.39, 0.29) is 43.4 Å². The molecule has 0 spiro atoms. The molecule has 0 aliphatic rings. The number of aryl methyl sites for hydroxylation is 1. The van der Waals surface area contributed by atoms with E-state index in [1.807, 2.05) is 54.6 Å². The van der Waals surface area contributed by atoms with Crippen LogP contribution in [-0.2, 0) is 22.6 Å². The number of carbonyl (C=O) groups is 1. The van der Waals surface area contributed by atoms with E-state index in [1.54, 1.807) is 21.0 Å². The third-order valence-corrected chi connectivity index (χ3v) is 5.50. The van der Waals surface area contributed by atoms with Gasteiger partial charge in [0.2, 0.25) is 0 Å². The van der Waals surface area contributed by atoms with Crippen molar-refractivity contribution in [3.63, 3.8) is 0 Å². The Morgan fingerprint density at radius 1 is 1.05 bits per heavy atom. The van der Waals surface area contributed by atoms with E-state index in [4.69, 9.17) is 19.0 Å². The van der Waals surface area contributed by atoms with E-state index in [1.165, 1.54) is 6.33 Å². The third-order valence-electron chi connectivity index (χ3n) is 5.50. The first-order valence-corrected chi connectivity index (χ1v) is 11.7. The Hall–Kier alpha value is -4.44. The number of carbonyl (C=O) groups excluding carboxylic acids is 1. The normalized spacial score (nSPS) is 10.8. The second kappa shape index (κ2) is 12.0. The summed E-state index contributed by atoms with van der Waals surface area (Å²) in [6.07, 6.45) is 1.35. The van der Waals surface area contributed by atoms with Gasteiger partial charge in [0.25, 0.3) is 0 Å². The number of aromatic nitrogens is 3. The van der Waals surface area contributed by atoms with Crippen molar-refractivity contribution in [2.45, 2.75) is 27.0 Å². The van der Waals surface area contributed by atoms with Crippen molar-refractivity contribution in [1.29, 1.82) is 0 Å². The van der Waals surface area contributed by atoms with Gasteiger partial charge in [-0.3, -0.25) is 4.79 Å². The molecule has 0 atom stereocenters. The Labute approximate surface area is 213 Å². The first-order valence-electron chi connectivity index (χ1n) is 11.7. The molecular weight excluding hydrogens is 476 g/mol. The first-order chi connectivity index (χ1) is 18.0. The van der Waals surface area contributed by atoms with E-state index in [2.05, 4.69) is 15.3 Å².